The molecule has 35 heavy (non-hydrogen) atoms. The second-order valence-corrected chi connectivity index (χ2v) is 9.36. The molecule has 0 atom stereocenters. The third-order valence-electron chi connectivity index (χ3n) is 7.39. The van der Waals surface area contributed by atoms with E-state index in [0.717, 1.165) is 17.1 Å². The minimum Gasteiger partial charge on any atom is -0.456 e. The van der Waals surface area contributed by atoms with Gasteiger partial charge in [0.15, 0.2) is 0 Å². The highest BCUT2D eigenvalue weighted by Gasteiger charge is 2.20. The molecule has 162 valence electrons. The molecule has 0 radical (unpaired) electrons. The van der Waals surface area contributed by atoms with Crippen molar-refractivity contribution in [3.8, 4) is 33.8 Å². The van der Waals surface area contributed by atoms with Crippen molar-refractivity contribution in [2.45, 2.75) is 0 Å². The lowest BCUT2D eigenvalue weighted by Crippen LogP contribution is -1.97. The summed E-state index contributed by atoms with van der Waals surface area (Å²) in [4.78, 5) is 0. The van der Waals surface area contributed by atoms with E-state index in [2.05, 4.69) is 121 Å². The van der Waals surface area contributed by atoms with Crippen LogP contribution in [0.15, 0.2) is 121 Å². The molecule has 0 saturated heterocycles. The molecule has 0 N–H and O–H groups in total. The zero-order chi connectivity index (χ0) is 22.9. The summed E-state index contributed by atoms with van der Waals surface area (Å²) in [5, 5.41) is 10.0. The van der Waals surface area contributed by atoms with Gasteiger partial charge in [0.1, 0.15) is 11.5 Å². The van der Waals surface area contributed by atoms with Crippen molar-refractivity contribution < 1.29 is 4.74 Å². The van der Waals surface area contributed by atoms with Crippen molar-refractivity contribution >= 4 is 43.1 Å². The SMILES string of the molecule is c1ccc2cc3c(cc(-c4ccc5c(c4)Oc4cccc6cccc-5c46)c4ccccc43)cc2c1. The predicted molar refractivity (Wildman–Crippen MR) is 147 cm³/mol. The van der Waals surface area contributed by atoms with Crippen LogP contribution in [0, 0.1) is 0 Å². The van der Waals surface area contributed by atoms with Crippen LogP contribution in [-0.2, 0) is 0 Å². The van der Waals surface area contributed by atoms with Gasteiger partial charge in [0, 0.05) is 10.9 Å². The third kappa shape index (κ3) is 2.70. The number of hydrogen-bond donors (Lipinski definition) is 0. The number of ether oxygens (including phenoxy) is 1. The molecule has 0 aromatic heterocycles. The van der Waals surface area contributed by atoms with Crippen molar-refractivity contribution in [2.24, 2.45) is 0 Å². The van der Waals surface area contributed by atoms with Crippen molar-refractivity contribution in [1.82, 2.24) is 0 Å². The summed E-state index contributed by atoms with van der Waals surface area (Å²) in [6, 6.07) is 43.7. The second kappa shape index (κ2) is 6.94. The van der Waals surface area contributed by atoms with Gasteiger partial charge >= 0.3 is 0 Å². The summed E-state index contributed by atoms with van der Waals surface area (Å²) in [6.45, 7) is 0. The standard InChI is InChI=1S/C34H20O/c1-2-8-23-18-31-25(17-22(23)7-1)19-30(26-11-3-4-12-27(26)31)24-15-16-28-29-13-5-9-21-10-6-14-32(34(21)29)35-33(28)20-24/h1-20H. The molecule has 1 aliphatic heterocycles. The molecule has 7 aromatic rings. The van der Waals surface area contributed by atoms with Gasteiger partial charge in [0.25, 0.3) is 0 Å². The molecule has 1 heteroatoms. The Bertz CT molecular complexity index is 1970. The second-order valence-electron chi connectivity index (χ2n) is 9.36. The Balaban J connectivity index is 1.39. The third-order valence-corrected chi connectivity index (χ3v) is 7.39. The quantitative estimate of drug-likeness (QED) is 0.181. The first-order valence-corrected chi connectivity index (χ1v) is 12.0. The van der Waals surface area contributed by atoms with Crippen molar-refractivity contribution in [3.05, 3.63) is 121 Å². The summed E-state index contributed by atoms with van der Waals surface area (Å²) in [6.07, 6.45) is 0. The highest BCUT2D eigenvalue weighted by Crippen LogP contribution is 2.48. The number of hydrogen-bond acceptors (Lipinski definition) is 1. The molecule has 0 fully saturated rings. The summed E-state index contributed by atoms with van der Waals surface area (Å²) in [5.41, 5.74) is 4.78. The Morgan fingerprint density at radius 3 is 2.00 bits per heavy atom. The van der Waals surface area contributed by atoms with E-state index in [1.54, 1.807) is 0 Å². The summed E-state index contributed by atoms with van der Waals surface area (Å²) in [5.74, 6) is 1.84. The minimum absolute atomic E-state index is 0.913. The molecule has 1 heterocycles. The van der Waals surface area contributed by atoms with Crippen molar-refractivity contribution in [1.29, 1.82) is 0 Å². The van der Waals surface area contributed by atoms with E-state index in [0.29, 0.717) is 0 Å². The Hall–Kier alpha value is -4.62. The monoisotopic (exact) mass is 444 g/mol. The van der Waals surface area contributed by atoms with Crippen molar-refractivity contribution in [3.63, 3.8) is 0 Å². The van der Waals surface area contributed by atoms with E-state index in [1.807, 2.05) is 0 Å². The highest BCUT2D eigenvalue weighted by molar-refractivity contribution is 6.17. The van der Waals surface area contributed by atoms with Crippen LogP contribution in [0.1, 0.15) is 0 Å². The molecule has 0 aliphatic carbocycles. The van der Waals surface area contributed by atoms with E-state index in [9.17, 15) is 0 Å². The van der Waals surface area contributed by atoms with Crippen LogP contribution in [0.3, 0.4) is 0 Å². The van der Waals surface area contributed by atoms with Gasteiger partial charge < -0.3 is 4.74 Å². The van der Waals surface area contributed by atoms with Crippen LogP contribution >= 0.6 is 0 Å². The maximum absolute atomic E-state index is 6.47. The molecular formula is C34H20O. The van der Waals surface area contributed by atoms with Crippen molar-refractivity contribution in [2.75, 3.05) is 0 Å². The zero-order valence-corrected chi connectivity index (χ0v) is 19.0. The molecule has 1 aliphatic rings. The molecule has 0 saturated carbocycles. The lowest BCUT2D eigenvalue weighted by atomic mass is 9.89. The zero-order valence-electron chi connectivity index (χ0n) is 19.0. The van der Waals surface area contributed by atoms with Gasteiger partial charge in [-0.05, 0) is 90.8 Å². The molecule has 8 rings (SSSR count). The van der Waals surface area contributed by atoms with Crippen LogP contribution in [0.25, 0.3) is 65.3 Å². The van der Waals surface area contributed by atoms with Gasteiger partial charge in [-0.25, -0.2) is 0 Å². The molecule has 0 spiro atoms. The fourth-order valence-electron chi connectivity index (χ4n) is 5.77. The number of rotatable bonds is 1. The Labute approximate surface area is 202 Å². The molecule has 0 amide bonds. The maximum Gasteiger partial charge on any atom is 0.135 e. The summed E-state index contributed by atoms with van der Waals surface area (Å²) in [7, 11) is 0. The first-order valence-electron chi connectivity index (χ1n) is 12.0. The van der Waals surface area contributed by atoms with E-state index < -0.39 is 0 Å². The van der Waals surface area contributed by atoms with Gasteiger partial charge in [-0.15, -0.1) is 0 Å². The molecule has 1 nitrogen and oxygen atoms in total. The van der Waals surface area contributed by atoms with Gasteiger partial charge in [0.05, 0.1) is 0 Å². The van der Waals surface area contributed by atoms with Gasteiger partial charge in [0.2, 0.25) is 0 Å². The lowest BCUT2D eigenvalue weighted by molar-refractivity contribution is 0.487. The Morgan fingerprint density at radius 1 is 0.371 bits per heavy atom. The molecular weight excluding hydrogens is 424 g/mol. The van der Waals surface area contributed by atoms with E-state index >= 15 is 0 Å². The van der Waals surface area contributed by atoms with E-state index in [-0.39, 0.29) is 0 Å². The van der Waals surface area contributed by atoms with Gasteiger partial charge in [-0.3, -0.25) is 0 Å². The lowest BCUT2D eigenvalue weighted by Gasteiger charge is -2.22. The summed E-state index contributed by atoms with van der Waals surface area (Å²) < 4.78 is 6.47. The van der Waals surface area contributed by atoms with Gasteiger partial charge in [-0.2, -0.15) is 0 Å². The highest BCUT2D eigenvalue weighted by atomic mass is 16.5. The van der Waals surface area contributed by atoms with Gasteiger partial charge in [-0.1, -0.05) is 84.9 Å². The minimum atomic E-state index is 0.913. The smallest absolute Gasteiger partial charge is 0.135 e. The van der Waals surface area contributed by atoms with E-state index in [4.69, 9.17) is 4.74 Å². The molecule has 7 aromatic carbocycles. The van der Waals surface area contributed by atoms with Crippen LogP contribution in [0.2, 0.25) is 0 Å². The van der Waals surface area contributed by atoms with Crippen LogP contribution < -0.4 is 4.74 Å². The first-order chi connectivity index (χ1) is 17.3. The topological polar surface area (TPSA) is 9.23 Å². The fourth-order valence-corrected chi connectivity index (χ4v) is 5.77. The largest absolute Gasteiger partial charge is 0.456 e. The Kier molecular flexibility index (Phi) is 3.72. The van der Waals surface area contributed by atoms with E-state index in [1.165, 1.54) is 59.8 Å². The van der Waals surface area contributed by atoms with Crippen LogP contribution in [0.4, 0.5) is 0 Å². The molecule has 0 bridgehead atoms. The maximum atomic E-state index is 6.47. The average molecular weight is 445 g/mol. The number of fused-ring (bicyclic) bond motifs is 6. The van der Waals surface area contributed by atoms with Crippen LogP contribution in [0.5, 0.6) is 11.5 Å². The average Bonchev–Trinajstić information content (AvgIpc) is 2.91. The summed E-state index contributed by atoms with van der Waals surface area (Å²) >= 11 is 0. The predicted octanol–water partition coefficient (Wildman–Crippen LogP) is 9.74. The molecule has 0 unspecified atom stereocenters. The van der Waals surface area contributed by atoms with Crippen LogP contribution in [-0.4, -0.2) is 0 Å². The first kappa shape index (κ1) is 18.8. The normalized spacial score (nSPS) is 12.2. The number of benzene rings is 7. The fraction of sp³-hybridized carbons (Fsp3) is 0. The Morgan fingerprint density at radius 2 is 1.11 bits per heavy atom.